The summed E-state index contributed by atoms with van der Waals surface area (Å²) in [5.41, 5.74) is -0.941. The fourth-order valence-corrected chi connectivity index (χ4v) is 3.64. The van der Waals surface area contributed by atoms with Crippen molar-refractivity contribution in [2.45, 2.75) is 18.4 Å². The Bertz CT molecular complexity index is 857. The van der Waals surface area contributed by atoms with E-state index in [1.165, 1.54) is 11.2 Å². The average Bonchev–Trinajstić information content (AvgIpc) is 3.33. The van der Waals surface area contributed by atoms with Crippen molar-refractivity contribution >= 4 is 17.8 Å². The molecule has 146 valence electrons. The minimum Gasteiger partial charge on any atom is -0.492 e. The number of benzene rings is 1. The molecule has 0 saturated carbocycles. The van der Waals surface area contributed by atoms with E-state index in [2.05, 4.69) is 5.32 Å². The zero-order valence-corrected chi connectivity index (χ0v) is 15.3. The second kappa shape index (κ2) is 7.38. The van der Waals surface area contributed by atoms with Gasteiger partial charge in [0.05, 0.1) is 12.8 Å². The van der Waals surface area contributed by atoms with Crippen molar-refractivity contribution < 1.29 is 23.5 Å². The molecule has 1 aromatic carbocycles. The Hall–Kier alpha value is -3.29. The number of ether oxygens (including phenoxy) is 1. The Kier molecular flexibility index (Phi) is 4.77. The van der Waals surface area contributed by atoms with E-state index in [4.69, 9.17) is 9.15 Å². The third kappa shape index (κ3) is 3.33. The van der Waals surface area contributed by atoms with Gasteiger partial charge < -0.3 is 19.4 Å². The summed E-state index contributed by atoms with van der Waals surface area (Å²) < 4.78 is 10.7. The smallest absolute Gasteiger partial charge is 0.325 e. The standard InChI is InChI=1S/C20H21N3O5/c24-17(16-7-4-13-28-16)22-10-8-20(9-11-22)18(25)23(19(26)21-20)12-14-27-15-5-2-1-3-6-15/h1-7,13H,8-12,14H2,(H,21,26). The Morgan fingerprint density at radius 1 is 1.11 bits per heavy atom. The van der Waals surface area contributed by atoms with Crippen LogP contribution in [0.25, 0.3) is 0 Å². The Morgan fingerprint density at radius 3 is 2.54 bits per heavy atom. The van der Waals surface area contributed by atoms with E-state index in [1.54, 1.807) is 17.0 Å². The van der Waals surface area contributed by atoms with Crippen LogP contribution in [0.2, 0.25) is 0 Å². The van der Waals surface area contributed by atoms with Gasteiger partial charge in [-0.15, -0.1) is 0 Å². The van der Waals surface area contributed by atoms with E-state index >= 15 is 0 Å². The van der Waals surface area contributed by atoms with Gasteiger partial charge in [0.2, 0.25) is 0 Å². The van der Waals surface area contributed by atoms with Crippen molar-refractivity contribution in [1.82, 2.24) is 15.1 Å². The van der Waals surface area contributed by atoms with Crippen LogP contribution in [0.1, 0.15) is 23.4 Å². The predicted molar refractivity (Wildman–Crippen MR) is 98.8 cm³/mol. The number of hydrogen-bond acceptors (Lipinski definition) is 5. The largest absolute Gasteiger partial charge is 0.492 e. The number of hydrogen-bond donors (Lipinski definition) is 1. The highest BCUT2D eigenvalue weighted by molar-refractivity contribution is 6.07. The molecule has 0 unspecified atom stereocenters. The van der Waals surface area contributed by atoms with Gasteiger partial charge in [-0.05, 0) is 37.1 Å². The quantitative estimate of drug-likeness (QED) is 0.796. The van der Waals surface area contributed by atoms with Crippen LogP contribution in [-0.4, -0.2) is 59.4 Å². The zero-order chi connectivity index (χ0) is 19.6. The molecule has 8 heteroatoms. The molecule has 0 bridgehead atoms. The van der Waals surface area contributed by atoms with Crippen LogP contribution >= 0.6 is 0 Å². The molecule has 0 aliphatic carbocycles. The van der Waals surface area contributed by atoms with Gasteiger partial charge in [-0.25, -0.2) is 4.79 Å². The Labute approximate surface area is 162 Å². The lowest BCUT2D eigenvalue weighted by Crippen LogP contribution is -2.55. The zero-order valence-electron chi connectivity index (χ0n) is 15.3. The summed E-state index contributed by atoms with van der Waals surface area (Å²) in [5, 5.41) is 2.83. The maximum Gasteiger partial charge on any atom is 0.325 e. The molecule has 4 rings (SSSR count). The van der Waals surface area contributed by atoms with Gasteiger partial charge in [0.25, 0.3) is 11.8 Å². The maximum atomic E-state index is 12.9. The van der Waals surface area contributed by atoms with E-state index in [1.807, 2.05) is 30.3 Å². The van der Waals surface area contributed by atoms with Crippen LogP contribution in [0.15, 0.2) is 53.1 Å². The molecule has 3 heterocycles. The fraction of sp³-hybridized carbons (Fsp3) is 0.350. The average molecular weight is 383 g/mol. The molecule has 2 fully saturated rings. The maximum absolute atomic E-state index is 12.9. The van der Waals surface area contributed by atoms with Crippen LogP contribution in [0.4, 0.5) is 4.79 Å². The van der Waals surface area contributed by atoms with Gasteiger partial charge in [0.1, 0.15) is 17.9 Å². The minimum absolute atomic E-state index is 0.177. The lowest BCUT2D eigenvalue weighted by Gasteiger charge is -2.36. The molecule has 1 spiro atoms. The van der Waals surface area contributed by atoms with Crippen molar-refractivity contribution in [3.05, 3.63) is 54.5 Å². The number of para-hydroxylation sites is 1. The topological polar surface area (TPSA) is 92.1 Å². The van der Waals surface area contributed by atoms with Gasteiger partial charge >= 0.3 is 6.03 Å². The molecule has 8 nitrogen and oxygen atoms in total. The number of carbonyl (C=O) groups is 3. The number of carbonyl (C=O) groups excluding carboxylic acids is 3. The molecule has 4 amide bonds. The number of imide groups is 1. The molecule has 2 aromatic rings. The number of nitrogens with one attached hydrogen (secondary N) is 1. The van der Waals surface area contributed by atoms with Gasteiger partial charge in [0.15, 0.2) is 5.76 Å². The van der Waals surface area contributed by atoms with Gasteiger partial charge in [-0.3, -0.25) is 14.5 Å². The Morgan fingerprint density at radius 2 is 1.86 bits per heavy atom. The molecular formula is C20H21N3O5. The first-order valence-corrected chi connectivity index (χ1v) is 9.24. The van der Waals surface area contributed by atoms with Crippen LogP contribution < -0.4 is 10.1 Å². The number of amides is 4. The molecule has 1 N–H and O–H groups in total. The predicted octanol–water partition coefficient (Wildman–Crippen LogP) is 1.89. The monoisotopic (exact) mass is 383 g/mol. The highest BCUT2D eigenvalue weighted by Gasteiger charge is 2.52. The van der Waals surface area contributed by atoms with Crippen LogP contribution in [-0.2, 0) is 4.79 Å². The summed E-state index contributed by atoms with van der Waals surface area (Å²) in [6, 6.07) is 12.1. The molecule has 0 atom stereocenters. The van der Waals surface area contributed by atoms with Gasteiger partial charge in [-0.1, -0.05) is 18.2 Å². The molecule has 2 saturated heterocycles. The third-order valence-corrected chi connectivity index (χ3v) is 5.21. The number of urea groups is 1. The van der Waals surface area contributed by atoms with Crippen LogP contribution in [0.3, 0.4) is 0 Å². The van der Waals surface area contributed by atoms with Gasteiger partial charge in [-0.2, -0.15) is 0 Å². The van der Waals surface area contributed by atoms with Crippen molar-refractivity contribution in [1.29, 1.82) is 0 Å². The normalized spacial score (nSPS) is 18.4. The summed E-state index contributed by atoms with van der Waals surface area (Å²) >= 11 is 0. The van der Waals surface area contributed by atoms with Crippen molar-refractivity contribution in [3.8, 4) is 5.75 Å². The molecule has 0 radical (unpaired) electrons. The SMILES string of the molecule is O=C(c1ccco1)N1CCC2(CC1)NC(=O)N(CCOc1ccccc1)C2=O. The second-order valence-electron chi connectivity index (χ2n) is 6.90. The highest BCUT2D eigenvalue weighted by Crippen LogP contribution is 2.30. The van der Waals surface area contributed by atoms with Crippen LogP contribution in [0, 0.1) is 0 Å². The lowest BCUT2D eigenvalue weighted by molar-refractivity contribution is -0.133. The first kappa shape index (κ1) is 18.1. The van der Waals surface area contributed by atoms with E-state index < -0.39 is 11.6 Å². The van der Waals surface area contributed by atoms with Crippen molar-refractivity contribution in [3.63, 3.8) is 0 Å². The summed E-state index contributed by atoms with van der Waals surface area (Å²) in [6.07, 6.45) is 2.20. The first-order valence-electron chi connectivity index (χ1n) is 9.24. The molecule has 1 aromatic heterocycles. The summed E-state index contributed by atoms with van der Waals surface area (Å²) in [7, 11) is 0. The number of nitrogens with zero attached hydrogens (tertiary/aromatic N) is 2. The molecule has 2 aliphatic rings. The fourth-order valence-electron chi connectivity index (χ4n) is 3.64. The Balaban J connectivity index is 1.34. The van der Waals surface area contributed by atoms with E-state index in [0.29, 0.717) is 31.7 Å². The number of likely N-dealkylation sites (tertiary alicyclic amines) is 1. The molecular weight excluding hydrogens is 362 g/mol. The van der Waals surface area contributed by atoms with Crippen LogP contribution in [0.5, 0.6) is 5.75 Å². The van der Waals surface area contributed by atoms with E-state index in [0.717, 1.165) is 0 Å². The third-order valence-electron chi connectivity index (χ3n) is 5.21. The number of piperidine rings is 1. The van der Waals surface area contributed by atoms with Gasteiger partial charge in [0, 0.05) is 13.1 Å². The summed E-state index contributed by atoms with van der Waals surface area (Å²) in [6.45, 7) is 1.15. The summed E-state index contributed by atoms with van der Waals surface area (Å²) in [4.78, 5) is 40.5. The van der Waals surface area contributed by atoms with E-state index in [9.17, 15) is 14.4 Å². The highest BCUT2D eigenvalue weighted by atomic mass is 16.5. The minimum atomic E-state index is -0.941. The molecule has 28 heavy (non-hydrogen) atoms. The molecule has 2 aliphatic heterocycles. The van der Waals surface area contributed by atoms with Crippen molar-refractivity contribution in [2.75, 3.05) is 26.2 Å². The number of furan rings is 1. The first-order chi connectivity index (χ1) is 13.6. The summed E-state index contributed by atoms with van der Waals surface area (Å²) in [5.74, 6) is 0.510. The van der Waals surface area contributed by atoms with E-state index in [-0.39, 0.29) is 30.7 Å². The lowest BCUT2D eigenvalue weighted by atomic mass is 9.87. The second-order valence-corrected chi connectivity index (χ2v) is 6.90. The number of rotatable bonds is 5. The van der Waals surface area contributed by atoms with Crippen molar-refractivity contribution in [2.24, 2.45) is 0 Å².